The van der Waals surface area contributed by atoms with Crippen molar-refractivity contribution < 1.29 is 18.0 Å². The van der Waals surface area contributed by atoms with Gasteiger partial charge in [-0.3, -0.25) is 9.48 Å². The highest BCUT2D eigenvalue weighted by molar-refractivity contribution is 5.97. The first-order chi connectivity index (χ1) is 9.43. The maximum atomic E-state index is 13.5. The average Bonchev–Trinajstić information content (AvgIpc) is 2.76. The Bertz CT molecular complexity index is 665. The van der Waals surface area contributed by atoms with Gasteiger partial charge in [0.25, 0.3) is 0 Å². The van der Waals surface area contributed by atoms with Crippen LogP contribution in [0.15, 0.2) is 18.2 Å². The van der Waals surface area contributed by atoms with Gasteiger partial charge in [-0.25, -0.2) is 13.2 Å². The van der Waals surface area contributed by atoms with E-state index in [2.05, 4.69) is 5.10 Å². The number of hydrogen-bond donors (Lipinski definition) is 0. The summed E-state index contributed by atoms with van der Waals surface area (Å²) in [5, 5.41) is 4.17. The first-order valence-corrected chi connectivity index (χ1v) is 6.12. The Hall–Kier alpha value is -2.11. The molecule has 0 bridgehead atoms. The fourth-order valence-corrected chi connectivity index (χ4v) is 1.91. The summed E-state index contributed by atoms with van der Waals surface area (Å²) in [5.74, 6) is -5.01. The van der Waals surface area contributed by atoms with Crippen LogP contribution in [-0.2, 0) is 19.9 Å². The molecule has 1 heterocycles. The summed E-state index contributed by atoms with van der Waals surface area (Å²) in [4.78, 5) is 12.0. The van der Waals surface area contributed by atoms with Crippen LogP contribution in [0.25, 0.3) is 0 Å². The highest BCUT2D eigenvalue weighted by Crippen LogP contribution is 2.17. The van der Waals surface area contributed by atoms with Crippen LogP contribution in [0.5, 0.6) is 0 Å². The number of aryl methyl sites for hydroxylation is 2. The Morgan fingerprint density at radius 1 is 1.25 bits per heavy atom. The summed E-state index contributed by atoms with van der Waals surface area (Å²) >= 11 is 0. The quantitative estimate of drug-likeness (QED) is 0.638. The molecule has 0 unspecified atom stereocenters. The number of halogens is 3. The Morgan fingerprint density at radius 3 is 2.55 bits per heavy atom. The van der Waals surface area contributed by atoms with E-state index in [1.54, 1.807) is 13.1 Å². The largest absolute Gasteiger partial charge is 0.294 e. The fourth-order valence-electron chi connectivity index (χ4n) is 1.91. The molecule has 20 heavy (non-hydrogen) atoms. The van der Waals surface area contributed by atoms with Crippen molar-refractivity contribution >= 4 is 5.78 Å². The molecule has 0 fully saturated rings. The number of carbonyl (C=O) groups excluding carboxylic acids is 1. The van der Waals surface area contributed by atoms with Crippen molar-refractivity contribution in [1.29, 1.82) is 0 Å². The monoisotopic (exact) mass is 282 g/mol. The molecule has 0 saturated carbocycles. The van der Waals surface area contributed by atoms with Gasteiger partial charge < -0.3 is 0 Å². The van der Waals surface area contributed by atoms with Crippen molar-refractivity contribution in [3.8, 4) is 0 Å². The smallest absolute Gasteiger partial charge is 0.195 e. The number of Topliss-reactive ketones (excluding diaryl/α,β-unsaturated/α-hetero) is 1. The summed E-state index contributed by atoms with van der Waals surface area (Å²) in [5.41, 5.74) is 0.945. The molecule has 106 valence electrons. The van der Waals surface area contributed by atoms with Gasteiger partial charge in [0.15, 0.2) is 23.2 Å². The predicted octanol–water partition coefficient (Wildman–Crippen LogP) is 2.83. The van der Waals surface area contributed by atoms with Crippen molar-refractivity contribution in [1.82, 2.24) is 9.78 Å². The lowest BCUT2D eigenvalue weighted by atomic mass is 10.1. The molecule has 0 radical (unpaired) electrons. The summed E-state index contributed by atoms with van der Waals surface area (Å²) in [6.45, 7) is 1.92. The molecule has 3 nitrogen and oxygen atoms in total. The highest BCUT2D eigenvalue weighted by atomic mass is 19.2. The van der Waals surface area contributed by atoms with Crippen LogP contribution >= 0.6 is 0 Å². The molecule has 0 aliphatic heterocycles. The Balaban J connectivity index is 2.28. The molecule has 0 spiro atoms. The average molecular weight is 282 g/mol. The van der Waals surface area contributed by atoms with Gasteiger partial charge in [0, 0.05) is 12.7 Å². The van der Waals surface area contributed by atoms with E-state index in [4.69, 9.17) is 0 Å². The van der Waals surface area contributed by atoms with Gasteiger partial charge in [0.05, 0.1) is 17.7 Å². The molecule has 2 aromatic rings. The van der Waals surface area contributed by atoms with Gasteiger partial charge in [-0.1, -0.05) is 6.92 Å². The van der Waals surface area contributed by atoms with Crippen LogP contribution in [0.3, 0.4) is 0 Å². The molecule has 0 aliphatic carbocycles. The molecular weight excluding hydrogens is 269 g/mol. The van der Waals surface area contributed by atoms with Crippen LogP contribution in [0, 0.1) is 17.5 Å². The van der Waals surface area contributed by atoms with E-state index < -0.39 is 28.8 Å². The Kier molecular flexibility index (Phi) is 3.92. The zero-order valence-corrected chi connectivity index (χ0v) is 11.1. The Labute approximate surface area is 114 Å². The molecule has 0 saturated heterocycles. The third-order valence-electron chi connectivity index (χ3n) is 3.07. The van der Waals surface area contributed by atoms with Crippen molar-refractivity contribution in [3.05, 3.63) is 52.6 Å². The van der Waals surface area contributed by atoms with Crippen LogP contribution in [-0.4, -0.2) is 15.6 Å². The summed E-state index contributed by atoms with van der Waals surface area (Å²) in [6, 6.07) is 3.43. The molecule has 0 aliphatic rings. The van der Waals surface area contributed by atoms with E-state index in [9.17, 15) is 18.0 Å². The second kappa shape index (κ2) is 5.48. The lowest BCUT2D eigenvalue weighted by Gasteiger charge is -2.04. The topological polar surface area (TPSA) is 34.9 Å². The maximum absolute atomic E-state index is 13.5. The summed E-state index contributed by atoms with van der Waals surface area (Å²) in [7, 11) is 1.67. The van der Waals surface area contributed by atoms with Crippen molar-refractivity contribution in [3.63, 3.8) is 0 Å². The molecule has 1 aromatic carbocycles. The third-order valence-corrected chi connectivity index (χ3v) is 3.07. The zero-order chi connectivity index (χ0) is 14.9. The van der Waals surface area contributed by atoms with E-state index in [0.717, 1.165) is 17.8 Å². The number of aromatic nitrogens is 2. The number of nitrogens with zero attached hydrogens (tertiary/aromatic N) is 2. The number of benzene rings is 1. The van der Waals surface area contributed by atoms with E-state index in [1.807, 2.05) is 6.92 Å². The molecule has 6 heteroatoms. The van der Waals surface area contributed by atoms with Gasteiger partial charge in [0.1, 0.15) is 0 Å². The summed E-state index contributed by atoms with van der Waals surface area (Å²) < 4.78 is 41.0. The number of rotatable bonds is 4. The maximum Gasteiger partial charge on any atom is 0.195 e. The fraction of sp³-hybridized carbons (Fsp3) is 0.286. The number of carbonyl (C=O) groups is 1. The summed E-state index contributed by atoms with van der Waals surface area (Å²) in [6.07, 6.45) is 0.590. The molecule has 0 atom stereocenters. The van der Waals surface area contributed by atoms with Crippen LogP contribution in [0.4, 0.5) is 13.2 Å². The molecule has 0 amide bonds. The zero-order valence-electron chi connectivity index (χ0n) is 11.1. The normalized spacial score (nSPS) is 10.8. The van der Waals surface area contributed by atoms with E-state index >= 15 is 0 Å². The lowest BCUT2D eigenvalue weighted by Crippen LogP contribution is -2.11. The van der Waals surface area contributed by atoms with Crippen LogP contribution < -0.4 is 0 Å². The van der Waals surface area contributed by atoms with E-state index in [-0.39, 0.29) is 6.42 Å². The van der Waals surface area contributed by atoms with Gasteiger partial charge in [-0.15, -0.1) is 0 Å². The number of ketones is 1. The first kappa shape index (κ1) is 14.3. The van der Waals surface area contributed by atoms with Gasteiger partial charge in [0.2, 0.25) is 0 Å². The molecule has 0 N–H and O–H groups in total. The third kappa shape index (κ3) is 2.59. The SMILES string of the molecule is CCc1cc(CC(=O)c2ccc(F)c(F)c2F)n(C)n1. The van der Waals surface area contributed by atoms with Crippen molar-refractivity contribution in [2.24, 2.45) is 7.05 Å². The minimum Gasteiger partial charge on any atom is -0.294 e. The van der Waals surface area contributed by atoms with Gasteiger partial charge >= 0.3 is 0 Å². The minimum absolute atomic E-state index is 0.120. The predicted molar refractivity (Wildman–Crippen MR) is 66.9 cm³/mol. The van der Waals surface area contributed by atoms with Gasteiger partial charge in [-0.2, -0.15) is 5.10 Å². The van der Waals surface area contributed by atoms with E-state index in [1.165, 1.54) is 4.68 Å². The standard InChI is InChI=1S/C14H13F3N2O/c1-3-8-6-9(19(2)18-8)7-12(20)10-4-5-11(15)14(17)13(10)16/h4-6H,3,7H2,1-2H3. The minimum atomic E-state index is -1.63. The van der Waals surface area contributed by atoms with Crippen molar-refractivity contribution in [2.45, 2.75) is 19.8 Å². The highest BCUT2D eigenvalue weighted by Gasteiger charge is 2.20. The first-order valence-electron chi connectivity index (χ1n) is 6.12. The van der Waals surface area contributed by atoms with Crippen molar-refractivity contribution in [2.75, 3.05) is 0 Å². The molecule has 1 aromatic heterocycles. The second-order valence-corrected chi connectivity index (χ2v) is 4.43. The lowest BCUT2D eigenvalue weighted by molar-refractivity contribution is 0.0985. The van der Waals surface area contributed by atoms with Crippen LogP contribution in [0.1, 0.15) is 28.7 Å². The van der Waals surface area contributed by atoms with Gasteiger partial charge in [-0.05, 0) is 24.6 Å². The molecule has 2 rings (SSSR count). The van der Waals surface area contributed by atoms with Crippen LogP contribution in [0.2, 0.25) is 0 Å². The second-order valence-electron chi connectivity index (χ2n) is 4.43. The number of hydrogen-bond acceptors (Lipinski definition) is 2. The Morgan fingerprint density at radius 2 is 1.95 bits per heavy atom. The van der Waals surface area contributed by atoms with E-state index in [0.29, 0.717) is 12.1 Å². The molecular formula is C14H13F3N2O.